The predicted octanol–water partition coefficient (Wildman–Crippen LogP) is 2.07. The van der Waals surface area contributed by atoms with Crippen molar-refractivity contribution in [3.63, 3.8) is 0 Å². The fourth-order valence-corrected chi connectivity index (χ4v) is 1.45. The van der Waals surface area contributed by atoms with E-state index < -0.39 is 0 Å². The number of rotatable bonds is 4. The Bertz CT molecular complexity index is 379. The standard InChI is InChI=1S/C12H17FN2O/c1-8-4-5-10(13)7-11(8)15-9(2)6-12(16)14-3/h4-5,7,9,15H,6H2,1-3H3,(H,14,16). The van der Waals surface area contributed by atoms with Gasteiger partial charge in [0.15, 0.2) is 0 Å². The van der Waals surface area contributed by atoms with E-state index in [0.717, 1.165) is 11.3 Å². The fraction of sp³-hybridized carbons (Fsp3) is 0.417. The molecule has 1 atom stereocenters. The topological polar surface area (TPSA) is 41.1 Å². The number of carbonyl (C=O) groups is 1. The number of benzene rings is 1. The van der Waals surface area contributed by atoms with Crippen LogP contribution in [0.15, 0.2) is 18.2 Å². The van der Waals surface area contributed by atoms with Crippen molar-refractivity contribution in [2.24, 2.45) is 0 Å². The number of hydrogen-bond acceptors (Lipinski definition) is 2. The summed E-state index contributed by atoms with van der Waals surface area (Å²) in [5, 5.41) is 5.67. The van der Waals surface area contributed by atoms with E-state index in [1.807, 2.05) is 13.8 Å². The number of amides is 1. The molecule has 0 bridgehead atoms. The first kappa shape index (κ1) is 12.5. The molecule has 1 aromatic rings. The molecule has 0 aromatic heterocycles. The van der Waals surface area contributed by atoms with Gasteiger partial charge < -0.3 is 10.6 Å². The smallest absolute Gasteiger partial charge is 0.221 e. The van der Waals surface area contributed by atoms with Gasteiger partial charge in [-0.1, -0.05) is 6.07 Å². The van der Waals surface area contributed by atoms with Crippen molar-refractivity contribution < 1.29 is 9.18 Å². The van der Waals surface area contributed by atoms with Crippen LogP contribution in [0, 0.1) is 12.7 Å². The molecular weight excluding hydrogens is 207 g/mol. The maximum Gasteiger partial charge on any atom is 0.221 e. The Morgan fingerprint density at radius 1 is 1.50 bits per heavy atom. The van der Waals surface area contributed by atoms with E-state index in [2.05, 4.69) is 10.6 Å². The predicted molar refractivity (Wildman–Crippen MR) is 62.9 cm³/mol. The summed E-state index contributed by atoms with van der Waals surface area (Å²) in [7, 11) is 1.60. The summed E-state index contributed by atoms with van der Waals surface area (Å²) in [5.74, 6) is -0.311. The van der Waals surface area contributed by atoms with Crippen molar-refractivity contribution in [3.8, 4) is 0 Å². The summed E-state index contributed by atoms with van der Waals surface area (Å²) < 4.78 is 13.0. The largest absolute Gasteiger partial charge is 0.382 e. The van der Waals surface area contributed by atoms with Gasteiger partial charge >= 0.3 is 0 Å². The molecule has 0 heterocycles. The highest BCUT2D eigenvalue weighted by Crippen LogP contribution is 2.17. The summed E-state index contributed by atoms with van der Waals surface area (Å²) in [6, 6.07) is 4.55. The highest BCUT2D eigenvalue weighted by atomic mass is 19.1. The van der Waals surface area contributed by atoms with Crippen molar-refractivity contribution in [2.45, 2.75) is 26.3 Å². The molecule has 1 aromatic carbocycles. The minimum Gasteiger partial charge on any atom is -0.382 e. The van der Waals surface area contributed by atoms with Crippen LogP contribution in [0.2, 0.25) is 0 Å². The third kappa shape index (κ3) is 3.53. The Labute approximate surface area is 95.0 Å². The SMILES string of the molecule is CNC(=O)CC(C)Nc1cc(F)ccc1C. The van der Waals surface area contributed by atoms with Crippen LogP contribution in [0.3, 0.4) is 0 Å². The summed E-state index contributed by atoms with van der Waals surface area (Å²) in [5.41, 5.74) is 1.70. The first-order valence-electron chi connectivity index (χ1n) is 5.26. The second-order valence-electron chi connectivity index (χ2n) is 3.88. The molecule has 0 spiro atoms. The van der Waals surface area contributed by atoms with E-state index in [1.54, 1.807) is 13.1 Å². The van der Waals surface area contributed by atoms with Crippen molar-refractivity contribution >= 4 is 11.6 Å². The molecule has 0 aliphatic heterocycles. The molecule has 0 aliphatic carbocycles. The quantitative estimate of drug-likeness (QED) is 0.822. The third-order valence-corrected chi connectivity index (χ3v) is 2.37. The van der Waals surface area contributed by atoms with Crippen LogP contribution in [-0.2, 0) is 4.79 Å². The van der Waals surface area contributed by atoms with Gasteiger partial charge in [-0.15, -0.1) is 0 Å². The van der Waals surface area contributed by atoms with Gasteiger partial charge in [0.2, 0.25) is 5.91 Å². The number of carbonyl (C=O) groups excluding carboxylic acids is 1. The molecular formula is C12H17FN2O. The minimum atomic E-state index is -0.278. The normalized spacial score (nSPS) is 12.0. The first-order valence-corrected chi connectivity index (χ1v) is 5.26. The lowest BCUT2D eigenvalue weighted by molar-refractivity contribution is -0.120. The van der Waals surface area contributed by atoms with E-state index >= 15 is 0 Å². The van der Waals surface area contributed by atoms with Crippen LogP contribution in [0.25, 0.3) is 0 Å². The van der Waals surface area contributed by atoms with Crippen LogP contribution in [0.1, 0.15) is 18.9 Å². The van der Waals surface area contributed by atoms with Gasteiger partial charge in [-0.25, -0.2) is 4.39 Å². The Morgan fingerprint density at radius 3 is 2.81 bits per heavy atom. The average molecular weight is 224 g/mol. The lowest BCUT2D eigenvalue weighted by Crippen LogP contribution is -2.27. The molecule has 1 unspecified atom stereocenters. The van der Waals surface area contributed by atoms with E-state index in [4.69, 9.17) is 0 Å². The van der Waals surface area contributed by atoms with Gasteiger partial charge in [0, 0.05) is 25.2 Å². The van der Waals surface area contributed by atoms with Gasteiger partial charge in [-0.05, 0) is 31.5 Å². The van der Waals surface area contributed by atoms with Crippen LogP contribution >= 0.6 is 0 Å². The van der Waals surface area contributed by atoms with Gasteiger partial charge in [0.25, 0.3) is 0 Å². The van der Waals surface area contributed by atoms with Crippen molar-refractivity contribution in [1.29, 1.82) is 0 Å². The van der Waals surface area contributed by atoms with Crippen molar-refractivity contribution in [2.75, 3.05) is 12.4 Å². The number of halogens is 1. The number of hydrogen-bond donors (Lipinski definition) is 2. The molecule has 0 fully saturated rings. The molecule has 88 valence electrons. The molecule has 3 nitrogen and oxygen atoms in total. The summed E-state index contributed by atoms with van der Waals surface area (Å²) in [6.07, 6.45) is 0.368. The van der Waals surface area contributed by atoms with Gasteiger partial charge in [-0.2, -0.15) is 0 Å². The highest BCUT2D eigenvalue weighted by molar-refractivity contribution is 5.76. The van der Waals surface area contributed by atoms with E-state index in [0.29, 0.717) is 6.42 Å². The molecule has 16 heavy (non-hydrogen) atoms. The average Bonchev–Trinajstić information content (AvgIpc) is 2.23. The summed E-state index contributed by atoms with van der Waals surface area (Å²) in [6.45, 7) is 3.79. The van der Waals surface area contributed by atoms with E-state index in [-0.39, 0.29) is 17.8 Å². The molecule has 0 aliphatic rings. The Kier molecular flexibility index (Phi) is 4.28. The molecule has 2 N–H and O–H groups in total. The maximum atomic E-state index is 13.0. The molecule has 1 rings (SSSR count). The van der Waals surface area contributed by atoms with Crippen molar-refractivity contribution in [3.05, 3.63) is 29.6 Å². The first-order chi connectivity index (χ1) is 7.52. The van der Waals surface area contributed by atoms with Crippen LogP contribution in [0.4, 0.5) is 10.1 Å². The summed E-state index contributed by atoms with van der Waals surface area (Å²) in [4.78, 5) is 11.1. The van der Waals surface area contributed by atoms with E-state index in [1.165, 1.54) is 12.1 Å². The third-order valence-electron chi connectivity index (χ3n) is 2.37. The lowest BCUT2D eigenvalue weighted by atomic mass is 10.1. The Hall–Kier alpha value is -1.58. The Balaban J connectivity index is 2.65. The number of anilines is 1. The highest BCUT2D eigenvalue weighted by Gasteiger charge is 2.09. The maximum absolute atomic E-state index is 13.0. The molecule has 0 saturated heterocycles. The molecule has 0 saturated carbocycles. The minimum absolute atomic E-state index is 0.0274. The Morgan fingerprint density at radius 2 is 2.19 bits per heavy atom. The zero-order valence-corrected chi connectivity index (χ0v) is 9.80. The van der Waals surface area contributed by atoms with Gasteiger partial charge in [0.05, 0.1) is 0 Å². The zero-order chi connectivity index (χ0) is 12.1. The van der Waals surface area contributed by atoms with Crippen LogP contribution in [-0.4, -0.2) is 19.0 Å². The zero-order valence-electron chi connectivity index (χ0n) is 9.80. The van der Waals surface area contributed by atoms with Crippen molar-refractivity contribution in [1.82, 2.24) is 5.32 Å². The number of nitrogens with one attached hydrogen (secondary N) is 2. The lowest BCUT2D eigenvalue weighted by Gasteiger charge is -2.16. The van der Waals surface area contributed by atoms with Gasteiger partial charge in [0.1, 0.15) is 5.82 Å². The van der Waals surface area contributed by atoms with Crippen LogP contribution in [0.5, 0.6) is 0 Å². The number of aryl methyl sites for hydroxylation is 1. The second kappa shape index (κ2) is 5.49. The second-order valence-corrected chi connectivity index (χ2v) is 3.88. The molecule has 1 amide bonds. The van der Waals surface area contributed by atoms with Crippen LogP contribution < -0.4 is 10.6 Å². The molecule has 0 radical (unpaired) electrons. The summed E-state index contributed by atoms with van der Waals surface area (Å²) >= 11 is 0. The van der Waals surface area contributed by atoms with E-state index in [9.17, 15) is 9.18 Å². The van der Waals surface area contributed by atoms with Gasteiger partial charge in [-0.3, -0.25) is 4.79 Å². The monoisotopic (exact) mass is 224 g/mol. The molecule has 4 heteroatoms. The fourth-order valence-electron chi connectivity index (χ4n) is 1.45.